The highest BCUT2D eigenvalue weighted by Crippen LogP contribution is 2.40. The summed E-state index contributed by atoms with van der Waals surface area (Å²) in [5.74, 6) is 2.27. The van der Waals surface area contributed by atoms with Crippen molar-refractivity contribution < 1.29 is 14.2 Å². The van der Waals surface area contributed by atoms with E-state index in [1.165, 1.54) is 31.2 Å². The lowest BCUT2D eigenvalue weighted by atomic mass is 10.1. The van der Waals surface area contributed by atoms with Crippen LogP contribution in [-0.4, -0.2) is 26.9 Å². The predicted octanol–water partition coefficient (Wildman–Crippen LogP) is 3.14. The number of hydrogen-bond donors (Lipinski definition) is 1. The van der Waals surface area contributed by atoms with Crippen LogP contribution < -0.4 is 19.5 Å². The Morgan fingerprint density at radius 3 is 2.80 bits per heavy atom. The fourth-order valence-corrected chi connectivity index (χ4v) is 2.34. The van der Waals surface area contributed by atoms with Crippen LogP contribution in [0.25, 0.3) is 0 Å². The van der Waals surface area contributed by atoms with Crippen molar-refractivity contribution in [2.75, 3.05) is 26.9 Å². The van der Waals surface area contributed by atoms with Gasteiger partial charge in [-0.25, -0.2) is 0 Å². The van der Waals surface area contributed by atoms with Crippen molar-refractivity contribution in [1.82, 2.24) is 5.32 Å². The Morgan fingerprint density at radius 1 is 1.15 bits per heavy atom. The third kappa shape index (κ3) is 4.04. The number of nitrogens with one attached hydrogen (secondary N) is 1. The summed E-state index contributed by atoms with van der Waals surface area (Å²) in [5, 5.41) is 3.47. The molecule has 1 N–H and O–H groups in total. The first-order chi connectivity index (χ1) is 9.85. The van der Waals surface area contributed by atoms with Gasteiger partial charge in [-0.15, -0.1) is 0 Å². The Morgan fingerprint density at radius 2 is 2.00 bits per heavy atom. The molecule has 112 valence electrons. The van der Waals surface area contributed by atoms with Crippen LogP contribution >= 0.6 is 0 Å². The lowest BCUT2D eigenvalue weighted by Crippen LogP contribution is -2.18. The molecule has 2 rings (SSSR count). The molecule has 0 fully saturated rings. The van der Waals surface area contributed by atoms with Gasteiger partial charge in [0.25, 0.3) is 0 Å². The van der Waals surface area contributed by atoms with Crippen LogP contribution in [0.3, 0.4) is 0 Å². The van der Waals surface area contributed by atoms with Gasteiger partial charge in [-0.1, -0.05) is 26.2 Å². The van der Waals surface area contributed by atoms with Gasteiger partial charge < -0.3 is 19.5 Å². The summed E-state index contributed by atoms with van der Waals surface area (Å²) in [7, 11) is 1.66. The fourth-order valence-electron chi connectivity index (χ4n) is 2.34. The Labute approximate surface area is 121 Å². The number of fused-ring (bicyclic) bond motifs is 1. The number of hydrogen-bond acceptors (Lipinski definition) is 4. The van der Waals surface area contributed by atoms with Crippen LogP contribution in [-0.2, 0) is 6.54 Å². The van der Waals surface area contributed by atoms with Crippen molar-refractivity contribution in [2.24, 2.45) is 0 Å². The topological polar surface area (TPSA) is 39.7 Å². The van der Waals surface area contributed by atoms with Crippen molar-refractivity contribution in [3.63, 3.8) is 0 Å². The first kappa shape index (κ1) is 15.0. The minimum Gasteiger partial charge on any atom is -0.493 e. The highest BCUT2D eigenvalue weighted by Gasteiger charge is 2.18. The fraction of sp³-hybridized carbons (Fsp3) is 0.625. The predicted molar refractivity (Wildman–Crippen MR) is 79.8 cm³/mol. The maximum atomic E-state index is 5.63. The third-order valence-electron chi connectivity index (χ3n) is 3.42. The molecule has 20 heavy (non-hydrogen) atoms. The highest BCUT2D eigenvalue weighted by molar-refractivity contribution is 5.54. The molecular weight excluding hydrogens is 254 g/mol. The van der Waals surface area contributed by atoms with E-state index < -0.39 is 0 Å². The van der Waals surface area contributed by atoms with Gasteiger partial charge in [0.15, 0.2) is 11.5 Å². The molecule has 0 radical (unpaired) electrons. The smallest absolute Gasteiger partial charge is 0.203 e. The van der Waals surface area contributed by atoms with Gasteiger partial charge in [0.2, 0.25) is 5.75 Å². The molecule has 0 saturated carbocycles. The molecule has 4 heteroatoms. The van der Waals surface area contributed by atoms with Gasteiger partial charge in [0, 0.05) is 6.54 Å². The summed E-state index contributed by atoms with van der Waals surface area (Å²) in [6.45, 7) is 5.30. The summed E-state index contributed by atoms with van der Waals surface area (Å²) in [6, 6.07) is 4.06. The maximum absolute atomic E-state index is 5.63. The number of unbranched alkanes of at least 4 members (excludes halogenated alkanes) is 3. The molecule has 4 nitrogen and oxygen atoms in total. The van der Waals surface area contributed by atoms with Gasteiger partial charge in [-0.3, -0.25) is 0 Å². The van der Waals surface area contributed by atoms with Gasteiger partial charge in [-0.05, 0) is 30.7 Å². The molecule has 1 aromatic carbocycles. The van der Waals surface area contributed by atoms with E-state index in [0.29, 0.717) is 13.2 Å². The second-order valence-corrected chi connectivity index (χ2v) is 5.06. The van der Waals surface area contributed by atoms with Crippen molar-refractivity contribution in [3.8, 4) is 17.2 Å². The lowest BCUT2D eigenvalue weighted by Gasteiger charge is -2.21. The summed E-state index contributed by atoms with van der Waals surface area (Å²) in [6.07, 6.45) is 5.13. The van der Waals surface area contributed by atoms with Crippen LogP contribution in [0.2, 0.25) is 0 Å². The van der Waals surface area contributed by atoms with Crippen molar-refractivity contribution in [2.45, 2.75) is 39.2 Å². The molecule has 1 aromatic rings. The largest absolute Gasteiger partial charge is 0.493 e. The van der Waals surface area contributed by atoms with E-state index in [0.717, 1.165) is 30.3 Å². The summed E-state index contributed by atoms with van der Waals surface area (Å²) in [5.41, 5.74) is 1.17. The van der Waals surface area contributed by atoms with E-state index in [-0.39, 0.29) is 0 Å². The first-order valence-corrected chi connectivity index (χ1v) is 7.52. The molecule has 0 aromatic heterocycles. The average molecular weight is 279 g/mol. The number of rotatable bonds is 8. The molecular formula is C16H25NO3. The standard InChI is InChI=1S/C16H25NO3/c1-3-4-5-6-7-17-12-13-10-14(18-2)16-15(11-13)19-8-9-20-16/h10-11,17H,3-9,12H2,1-2H3. The zero-order valence-electron chi connectivity index (χ0n) is 12.5. The number of benzene rings is 1. The van der Waals surface area contributed by atoms with Crippen LogP contribution in [0.4, 0.5) is 0 Å². The lowest BCUT2D eigenvalue weighted by molar-refractivity contribution is 0.165. The molecule has 1 aliphatic heterocycles. The van der Waals surface area contributed by atoms with Crippen LogP contribution in [0.5, 0.6) is 17.2 Å². The quantitative estimate of drug-likeness (QED) is 0.742. The average Bonchev–Trinajstić information content (AvgIpc) is 2.50. The summed E-state index contributed by atoms with van der Waals surface area (Å²) >= 11 is 0. The van der Waals surface area contributed by atoms with E-state index in [4.69, 9.17) is 14.2 Å². The van der Waals surface area contributed by atoms with Gasteiger partial charge in [0.1, 0.15) is 13.2 Å². The molecule has 0 saturated heterocycles. The molecule has 0 unspecified atom stereocenters. The maximum Gasteiger partial charge on any atom is 0.203 e. The van der Waals surface area contributed by atoms with Crippen molar-refractivity contribution in [1.29, 1.82) is 0 Å². The zero-order valence-corrected chi connectivity index (χ0v) is 12.5. The second-order valence-electron chi connectivity index (χ2n) is 5.06. The van der Waals surface area contributed by atoms with Gasteiger partial charge in [0.05, 0.1) is 7.11 Å². The molecule has 1 aliphatic rings. The highest BCUT2D eigenvalue weighted by atomic mass is 16.6. The van der Waals surface area contributed by atoms with Crippen LogP contribution in [0, 0.1) is 0 Å². The first-order valence-electron chi connectivity index (χ1n) is 7.52. The molecule has 0 bridgehead atoms. The van der Waals surface area contributed by atoms with Gasteiger partial charge in [-0.2, -0.15) is 0 Å². The Bertz CT molecular complexity index is 403. The molecule has 0 amide bonds. The second kappa shape index (κ2) is 8.00. The van der Waals surface area contributed by atoms with E-state index in [2.05, 4.69) is 12.2 Å². The minimum atomic E-state index is 0.582. The van der Waals surface area contributed by atoms with Gasteiger partial charge >= 0.3 is 0 Å². The van der Waals surface area contributed by atoms with Crippen molar-refractivity contribution >= 4 is 0 Å². The Hall–Kier alpha value is -1.42. The van der Waals surface area contributed by atoms with E-state index in [1.807, 2.05) is 12.1 Å². The minimum absolute atomic E-state index is 0.582. The van der Waals surface area contributed by atoms with Crippen molar-refractivity contribution in [3.05, 3.63) is 17.7 Å². The summed E-state index contributed by atoms with van der Waals surface area (Å²) in [4.78, 5) is 0. The monoisotopic (exact) mass is 279 g/mol. The SMILES string of the molecule is CCCCCCNCc1cc(OC)c2c(c1)OCCO2. The summed E-state index contributed by atoms with van der Waals surface area (Å²) < 4.78 is 16.6. The molecule has 0 spiro atoms. The van der Waals surface area contributed by atoms with E-state index in [1.54, 1.807) is 7.11 Å². The van der Waals surface area contributed by atoms with E-state index in [9.17, 15) is 0 Å². The normalized spacial score (nSPS) is 13.3. The van der Waals surface area contributed by atoms with Crippen LogP contribution in [0.15, 0.2) is 12.1 Å². The zero-order chi connectivity index (χ0) is 14.2. The Kier molecular flexibility index (Phi) is 5.99. The van der Waals surface area contributed by atoms with E-state index >= 15 is 0 Å². The Balaban J connectivity index is 1.88. The molecule has 1 heterocycles. The van der Waals surface area contributed by atoms with Crippen LogP contribution in [0.1, 0.15) is 38.2 Å². The number of ether oxygens (including phenoxy) is 3. The molecule has 0 atom stereocenters. The number of methoxy groups -OCH3 is 1. The third-order valence-corrected chi connectivity index (χ3v) is 3.42. The molecule has 0 aliphatic carbocycles.